The molecular formula is C26H21Cl2FN2O2. The Morgan fingerprint density at radius 3 is 2.55 bits per heavy atom. The quantitative estimate of drug-likeness (QED) is 0.277. The molecule has 4 nitrogen and oxygen atoms in total. The van der Waals surface area contributed by atoms with Gasteiger partial charge in [0, 0.05) is 16.1 Å². The van der Waals surface area contributed by atoms with E-state index in [1.54, 1.807) is 35.8 Å². The molecule has 4 rings (SSSR count). The molecule has 0 radical (unpaired) electrons. The Morgan fingerprint density at radius 1 is 1.06 bits per heavy atom. The number of esters is 1. The molecule has 0 atom stereocenters. The third-order valence-corrected chi connectivity index (χ3v) is 5.77. The smallest absolute Gasteiger partial charge is 0.359 e. The van der Waals surface area contributed by atoms with Gasteiger partial charge in [0.25, 0.3) is 0 Å². The van der Waals surface area contributed by atoms with Gasteiger partial charge in [0.05, 0.1) is 23.0 Å². The van der Waals surface area contributed by atoms with Crippen molar-refractivity contribution in [1.29, 1.82) is 0 Å². The molecule has 1 heterocycles. The van der Waals surface area contributed by atoms with Gasteiger partial charge >= 0.3 is 5.97 Å². The maximum absolute atomic E-state index is 15.3. The first-order valence-corrected chi connectivity index (χ1v) is 11.1. The van der Waals surface area contributed by atoms with Gasteiger partial charge in [-0.2, -0.15) is 0 Å². The number of nitrogens with zero attached hydrogens (tertiary/aromatic N) is 2. The summed E-state index contributed by atoms with van der Waals surface area (Å²) in [5.74, 6) is -0.845. The molecule has 0 saturated carbocycles. The van der Waals surface area contributed by atoms with E-state index in [0.29, 0.717) is 16.5 Å². The van der Waals surface area contributed by atoms with Crippen LogP contribution in [0.1, 0.15) is 28.5 Å². The van der Waals surface area contributed by atoms with Crippen molar-refractivity contribution in [3.05, 3.63) is 93.3 Å². The van der Waals surface area contributed by atoms with Crippen LogP contribution in [0.3, 0.4) is 0 Å². The van der Waals surface area contributed by atoms with E-state index in [4.69, 9.17) is 27.9 Å². The van der Waals surface area contributed by atoms with Gasteiger partial charge in [-0.1, -0.05) is 59.1 Å². The first-order chi connectivity index (χ1) is 15.8. The van der Waals surface area contributed by atoms with Crippen LogP contribution in [-0.4, -0.2) is 22.1 Å². The van der Waals surface area contributed by atoms with E-state index in [2.05, 4.69) is 4.98 Å². The topological polar surface area (TPSA) is 44.1 Å². The summed E-state index contributed by atoms with van der Waals surface area (Å²) in [6.45, 7) is 5.73. The number of hydrogen-bond acceptors (Lipinski definition) is 3. The Hall–Kier alpha value is -3.15. The zero-order chi connectivity index (χ0) is 23.7. The molecule has 3 aromatic carbocycles. The minimum atomic E-state index is -0.654. The fourth-order valence-corrected chi connectivity index (χ4v) is 4.07. The molecule has 0 bridgehead atoms. The largest absolute Gasteiger partial charge is 0.461 e. The Kier molecular flexibility index (Phi) is 6.54. The monoisotopic (exact) mass is 482 g/mol. The van der Waals surface area contributed by atoms with Gasteiger partial charge in [-0.05, 0) is 56.7 Å². The number of imidazole rings is 1. The second-order valence-electron chi connectivity index (χ2n) is 7.59. The molecule has 168 valence electrons. The third kappa shape index (κ3) is 4.39. The maximum atomic E-state index is 15.3. The van der Waals surface area contributed by atoms with Crippen LogP contribution >= 0.6 is 23.2 Å². The summed E-state index contributed by atoms with van der Waals surface area (Å²) in [5, 5.41) is 0.435. The highest BCUT2D eigenvalue weighted by Gasteiger charge is 2.29. The standard InChI is InChI=1S/C26H21Cl2FN2O2/c1-4-33-26(32)23-24(19-9-6-10-20(28)22(19)29)31(21-14-18(27)12-11-16(21)3)25(30-23)17-8-5-7-15(2)13-17/h5-14H,4H2,1-3H3. The minimum absolute atomic E-state index is 0.00565. The van der Waals surface area contributed by atoms with Gasteiger partial charge in [-0.25, -0.2) is 14.2 Å². The molecular weight excluding hydrogens is 462 g/mol. The molecule has 1 aromatic heterocycles. The van der Waals surface area contributed by atoms with Gasteiger partial charge in [-0.3, -0.25) is 4.57 Å². The number of carbonyl (C=O) groups is 1. The normalized spacial score (nSPS) is 11.0. The second kappa shape index (κ2) is 9.38. The predicted molar refractivity (Wildman–Crippen MR) is 130 cm³/mol. The highest BCUT2D eigenvalue weighted by atomic mass is 35.5. The van der Waals surface area contributed by atoms with E-state index in [1.807, 2.05) is 44.2 Å². The number of benzene rings is 3. The van der Waals surface area contributed by atoms with Crippen LogP contribution in [0.25, 0.3) is 28.3 Å². The van der Waals surface area contributed by atoms with Crippen molar-refractivity contribution in [3.8, 4) is 28.3 Å². The fourth-order valence-electron chi connectivity index (χ4n) is 3.73. The van der Waals surface area contributed by atoms with E-state index in [0.717, 1.165) is 16.7 Å². The van der Waals surface area contributed by atoms with Crippen molar-refractivity contribution in [2.45, 2.75) is 20.8 Å². The predicted octanol–water partition coefficient (Wildman–Crippen LogP) is 7.45. The van der Waals surface area contributed by atoms with E-state index >= 15 is 4.39 Å². The Morgan fingerprint density at radius 2 is 1.82 bits per heavy atom. The Labute approximate surface area is 201 Å². The van der Waals surface area contributed by atoms with Crippen LogP contribution in [0.5, 0.6) is 0 Å². The van der Waals surface area contributed by atoms with Crippen molar-refractivity contribution in [1.82, 2.24) is 9.55 Å². The van der Waals surface area contributed by atoms with E-state index < -0.39 is 11.8 Å². The molecule has 0 saturated heterocycles. The molecule has 0 fully saturated rings. The lowest BCUT2D eigenvalue weighted by molar-refractivity contribution is 0.0521. The summed E-state index contributed by atoms with van der Waals surface area (Å²) in [7, 11) is 0. The van der Waals surface area contributed by atoms with Crippen LogP contribution in [-0.2, 0) is 4.74 Å². The van der Waals surface area contributed by atoms with Crippen molar-refractivity contribution >= 4 is 29.2 Å². The minimum Gasteiger partial charge on any atom is -0.461 e. The van der Waals surface area contributed by atoms with E-state index in [9.17, 15) is 4.79 Å². The maximum Gasteiger partial charge on any atom is 0.359 e. The van der Waals surface area contributed by atoms with Crippen LogP contribution in [0.4, 0.5) is 4.39 Å². The molecule has 0 aliphatic heterocycles. The van der Waals surface area contributed by atoms with E-state index in [1.165, 1.54) is 6.07 Å². The van der Waals surface area contributed by atoms with Crippen LogP contribution in [0.2, 0.25) is 10.0 Å². The lowest BCUT2D eigenvalue weighted by atomic mass is 10.1. The van der Waals surface area contributed by atoms with Crippen molar-refractivity contribution in [3.63, 3.8) is 0 Å². The molecule has 0 spiro atoms. The molecule has 0 aliphatic rings. The molecule has 33 heavy (non-hydrogen) atoms. The van der Waals surface area contributed by atoms with Crippen LogP contribution < -0.4 is 0 Å². The zero-order valence-electron chi connectivity index (χ0n) is 18.3. The number of aryl methyl sites for hydroxylation is 2. The second-order valence-corrected chi connectivity index (χ2v) is 8.43. The number of aromatic nitrogens is 2. The number of halogens is 3. The molecule has 0 amide bonds. The molecule has 7 heteroatoms. The summed E-state index contributed by atoms with van der Waals surface area (Å²) in [6.07, 6.45) is 0. The lowest BCUT2D eigenvalue weighted by Gasteiger charge is -2.17. The van der Waals surface area contributed by atoms with Gasteiger partial charge in [-0.15, -0.1) is 0 Å². The first kappa shape index (κ1) is 23.0. The highest BCUT2D eigenvalue weighted by Crippen LogP contribution is 2.38. The van der Waals surface area contributed by atoms with Gasteiger partial charge in [0.2, 0.25) is 0 Å². The van der Waals surface area contributed by atoms with Crippen molar-refractivity contribution in [2.24, 2.45) is 0 Å². The highest BCUT2D eigenvalue weighted by molar-refractivity contribution is 6.31. The fraction of sp³-hybridized carbons (Fsp3) is 0.154. The van der Waals surface area contributed by atoms with Gasteiger partial charge < -0.3 is 4.74 Å². The summed E-state index contributed by atoms with van der Waals surface area (Å²) < 4.78 is 22.3. The zero-order valence-corrected chi connectivity index (χ0v) is 19.8. The lowest BCUT2D eigenvalue weighted by Crippen LogP contribution is -2.09. The van der Waals surface area contributed by atoms with Crippen LogP contribution in [0.15, 0.2) is 60.7 Å². The number of ether oxygens (including phenoxy) is 1. The summed E-state index contributed by atoms with van der Waals surface area (Å²) in [4.78, 5) is 17.7. The van der Waals surface area contributed by atoms with Gasteiger partial charge in [0.1, 0.15) is 5.82 Å². The summed E-state index contributed by atoms with van der Waals surface area (Å²) >= 11 is 12.5. The number of carbonyl (C=O) groups excluding carboxylic acids is 1. The Balaban J connectivity index is 2.18. The molecule has 0 aliphatic carbocycles. The molecule has 0 N–H and O–H groups in total. The van der Waals surface area contributed by atoms with E-state index in [-0.39, 0.29) is 28.6 Å². The SMILES string of the molecule is CCOC(=O)c1nc(-c2cccc(C)c2)n(-c2cc(Cl)ccc2C)c1-c1cccc(Cl)c1F. The first-order valence-electron chi connectivity index (χ1n) is 10.4. The molecule has 0 unspecified atom stereocenters. The average molecular weight is 483 g/mol. The summed E-state index contributed by atoms with van der Waals surface area (Å²) in [6, 6.07) is 17.8. The van der Waals surface area contributed by atoms with Crippen molar-refractivity contribution in [2.75, 3.05) is 6.61 Å². The van der Waals surface area contributed by atoms with Gasteiger partial charge in [0.15, 0.2) is 11.5 Å². The van der Waals surface area contributed by atoms with Crippen LogP contribution in [0, 0.1) is 19.7 Å². The third-order valence-electron chi connectivity index (χ3n) is 5.24. The summed E-state index contributed by atoms with van der Waals surface area (Å²) in [5.41, 5.74) is 3.67. The molecule has 4 aromatic rings. The number of rotatable bonds is 5. The van der Waals surface area contributed by atoms with Crippen molar-refractivity contribution < 1.29 is 13.9 Å². The number of hydrogen-bond donors (Lipinski definition) is 0. The Bertz CT molecular complexity index is 1360. The average Bonchev–Trinajstić information content (AvgIpc) is 3.18.